The highest BCUT2D eigenvalue weighted by atomic mass is 16.6. The van der Waals surface area contributed by atoms with Gasteiger partial charge >= 0.3 is 0 Å². The third-order valence-corrected chi connectivity index (χ3v) is 4.79. The van der Waals surface area contributed by atoms with Gasteiger partial charge in [-0.15, -0.1) is 0 Å². The van der Waals surface area contributed by atoms with Crippen LogP contribution in [0.5, 0.6) is 0 Å². The lowest BCUT2D eigenvalue weighted by molar-refractivity contribution is -0.135. The van der Waals surface area contributed by atoms with Gasteiger partial charge in [-0.25, -0.2) is 5.48 Å². The number of rotatable bonds is 3. The first-order valence-electron chi connectivity index (χ1n) is 8.02. The molecule has 2 aliphatic rings. The molecular formula is C19H18N2O3. The Labute approximate surface area is 140 Å². The molecule has 0 radical (unpaired) electrons. The zero-order valence-corrected chi connectivity index (χ0v) is 13.4. The fourth-order valence-electron chi connectivity index (χ4n) is 3.62. The second kappa shape index (κ2) is 5.76. The van der Waals surface area contributed by atoms with Crippen molar-refractivity contribution in [2.24, 2.45) is 5.92 Å². The van der Waals surface area contributed by atoms with Crippen LogP contribution < -0.4 is 10.4 Å². The van der Waals surface area contributed by atoms with Crippen LogP contribution in [0.15, 0.2) is 42.5 Å². The van der Waals surface area contributed by atoms with Gasteiger partial charge in [0.2, 0.25) is 11.8 Å². The lowest BCUT2D eigenvalue weighted by Crippen LogP contribution is -2.32. The zero-order valence-electron chi connectivity index (χ0n) is 13.4. The number of carbonyl (C=O) groups is 2. The average Bonchev–Trinajstić information content (AvgIpc) is 3.15. The standard InChI is InChI=1S/C19H18N2O3/c1-24-20-19(23)14-10-18(22)21(11-14)15-6-7-17-13(9-15)8-12-4-2-3-5-16(12)17/h2-7,9,14H,8,10-11H2,1H3,(H,20,23). The number of nitrogens with one attached hydrogen (secondary N) is 1. The Kier molecular flexibility index (Phi) is 3.58. The molecule has 2 aromatic carbocycles. The molecule has 1 aliphatic carbocycles. The summed E-state index contributed by atoms with van der Waals surface area (Å²) in [7, 11) is 1.39. The highest BCUT2D eigenvalue weighted by molar-refractivity contribution is 6.00. The molecule has 1 fully saturated rings. The SMILES string of the molecule is CONC(=O)C1CC(=O)N(c2ccc3c(c2)Cc2ccccc2-3)C1. The van der Waals surface area contributed by atoms with E-state index in [0.717, 1.165) is 12.1 Å². The normalized spacial score (nSPS) is 18.5. The molecule has 1 heterocycles. The van der Waals surface area contributed by atoms with Crippen molar-refractivity contribution in [3.8, 4) is 11.1 Å². The fraction of sp³-hybridized carbons (Fsp3) is 0.263. The average molecular weight is 322 g/mol. The van der Waals surface area contributed by atoms with Gasteiger partial charge in [0, 0.05) is 18.7 Å². The molecule has 2 aromatic rings. The minimum atomic E-state index is -0.372. The summed E-state index contributed by atoms with van der Waals surface area (Å²) < 4.78 is 0. The van der Waals surface area contributed by atoms with E-state index in [0.29, 0.717) is 6.54 Å². The van der Waals surface area contributed by atoms with Crippen LogP contribution in [-0.4, -0.2) is 25.5 Å². The largest absolute Gasteiger partial charge is 0.312 e. The summed E-state index contributed by atoms with van der Waals surface area (Å²) in [5.41, 5.74) is 8.22. The van der Waals surface area contributed by atoms with E-state index in [2.05, 4.69) is 40.6 Å². The number of amides is 2. The molecule has 0 aromatic heterocycles. The maximum Gasteiger partial charge on any atom is 0.248 e. The molecule has 0 saturated carbocycles. The molecule has 1 atom stereocenters. The molecule has 0 bridgehead atoms. The summed E-state index contributed by atoms with van der Waals surface area (Å²) in [6.45, 7) is 0.389. The molecule has 122 valence electrons. The number of fused-ring (bicyclic) bond motifs is 3. The van der Waals surface area contributed by atoms with Crippen molar-refractivity contribution in [1.29, 1.82) is 0 Å². The van der Waals surface area contributed by atoms with E-state index in [9.17, 15) is 9.59 Å². The summed E-state index contributed by atoms with van der Waals surface area (Å²) in [5.74, 6) is -0.647. The summed E-state index contributed by atoms with van der Waals surface area (Å²) >= 11 is 0. The molecule has 24 heavy (non-hydrogen) atoms. The molecule has 5 nitrogen and oxygen atoms in total. The van der Waals surface area contributed by atoms with E-state index in [4.69, 9.17) is 0 Å². The number of benzene rings is 2. The van der Waals surface area contributed by atoms with Crippen LogP contribution in [0.1, 0.15) is 17.5 Å². The van der Waals surface area contributed by atoms with E-state index < -0.39 is 0 Å². The minimum absolute atomic E-state index is 0.0262. The molecule has 1 saturated heterocycles. The van der Waals surface area contributed by atoms with E-state index in [1.165, 1.54) is 29.4 Å². The summed E-state index contributed by atoms with van der Waals surface area (Å²) in [4.78, 5) is 30.6. The monoisotopic (exact) mass is 322 g/mol. The van der Waals surface area contributed by atoms with Crippen molar-refractivity contribution in [1.82, 2.24) is 5.48 Å². The van der Waals surface area contributed by atoms with Crippen molar-refractivity contribution in [2.45, 2.75) is 12.8 Å². The highest BCUT2D eigenvalue weighted by Crippen LogP contribution is 2.39. The number of hydrogen-bond donors (Lipinski definition) is 1. The fourth-order valence-corrected chi connectivity index (χ4v) is 3.62. The zero-order chi connectivity index (χ0) is 16.7. The van der Waals surface area contributed by atoms with Gasteiger partial charge in [-0.2, -0.15) is 0 Å². The molecule has 2 amide bonds. The molecule has 0 spiro atoms. The first-order chi connectivity index (χ1) is 11.7. The summed E-state index contributed by atoms with van der Waals surface area (Å²) in [6, 6.07) is 14.5. The predicted octanol–water partition coefficient (Wildman–Crippen LogP) is 2.29. The topological polar surface area (TPSA) is 58.6 Å². The van der Waals surface area contributed by atoms with Gasteiger partial charge in [-0.1, -0.05) is 30.3 Å². The van der Waals surface area contributed by atoms with Crippen molar-refractivity contribution < 1.29 is 14.4 Å². The molecular weight excluding hydrogens is 304 g/mol. The Morgan fingerprint density at radius 2 is 1.96 bits per heavy atom. The third-order valence-electron chi connectivity index (χ3n) is 4.79. The molecule has 1 unspecified atom stereocenters. The Morgan fingerprint density at radius 3 is 2.79 bits per heavy atom. The van der Waals surface area contributed by atoms with Gasteiger partial charge in [-0.3, -0.25) is 14.4 Å². The Hall–Kier alpha value is -2.66. The number of hydroxylamine groups is 1. The number of nitrogens with zero attached hydrogens (tertiary/aromatic N) is 1. The van der Waals surface area contributed by atoms with E-state index in [1.807, 2.05) is 12.1 Å². The maximum absolute atomic E-state index is 12.3. The first-order valence-corrected chi connectivity index (χ1v) is 8.02. The lowest BCUT2D eigenvalue weighted by Gasteiger charge is -2.18. The summed E-state index contributed by atoms with van der Waals surface area (Å²) in [5, 5.41) is 0. The van der Waals surface area contributed by atoms with Gasteiger partial charge in [0.1, 0.15) is 0 Å². The van der Waals surface area contributed by atoms with Gasteiger partial charge in [0.15, 0.2) is 0 Å². The predicted molar refractivity (Wildman–Crippen MR) is 90.3 cm³/mol. The highest BCUT2D eigenvalue weighted by Gasteiger charge is 2.35. The van der Waals surface area contributed by atoms with Gasteiger partial charge < -0.3 is 4.90 Å². The number of hydrogen-bond acceptors (Lipinski definition) is 3. The number of carbonyl (C=O) groups excluding carboxylic acids is 2. The molecule has 4 rings (SSSR count). The lowest BCUT2D eigenvalue weighted by atomic mass is 10.1. The van der Waals surface area contributed by atoms with Gasteiger partial charge in [0.25, 0.3) is 0 Å². The van der Waals surface area contributed by atoms with Gasteiger partial charge in [0.05, 0.1) is 13.0 Å². The van der Waals surface area contributed by atoms with Crippen LogP contribution in [0.4, 0.5) is 5.69 Å². The summed E-state index contributed by atoms with van der Waals surface area (Å²) in [6.07, 6.45) is 1.10. The Morgan fingerprint density at radius 1 is 1.17 bits per heavy atom. The molecule has 1 N–H and O–H groups in total. The first kappa shape index (κ1) is 14.9. The van der Waals surface area contributed by atoms with Crippen molar-refractivity contribution in [3.05, 3.63) is 53.6 Å². The Bertz CT molecular complexity index is 831. The Balaban J connectivity index is 1.59. The van der Waals surface area contributed by atoms with E-state index in [-0.39, 0.29) is 24.2 Å². The third kappa shape index (κ3) is 2.37. The molecule has 5 heteroatoms. The molecule has 1 aliphatic heterocycles. The van der Waals surface area contributed by atoms with E-state index >= 15 is 0 Å². The second-order valence-electron chi connectivity index (χ2n) is 6.25. The second-order valence-corrected chi connectivity index (χ2v) is 6.25. The van der Waals surface area contributed by atoms with Crippen LogP contribution in [-0.2, 0) is 20.8 Å². The van der Waals surface area contributed by atoms with Crippen molar-refractivity contribution >= 4 is 17.5 Å². The van der Waals surface area contributed by atoms with Crippen LogP contribution in [0.2, 0.25) is 0 Å². The van der Waals surface area contributed by atoms with Crippen molar-refractivity contribution in [3.63, 3.8) is 0 Å². The maximum atomic E-state index is 12.3. The van der Waals surface area contributed by atoms with Crippen molar-refractivity contribution in [2.75, 3.05) is 18.6 Å². The smallest absolute Gasteiger partial charge is 0.248 e. The van der Waals surface area contributed by atoms with Crippen LogP contribution in [0.3, 0.4) is 0 Å². The minimum Gasteiger partial charge on any atom is -0.312 e. The van der Waals surface area contributed by atoms with Gasteiger partial charge in [-0.05, 0) is 40.8 Å². The quantitative estimate of drug-likeness (QED) is 0.753. The van der Waals surface area contributed by atoms with Crippen LogP contribution in [0, 0.1) is 5.92 Å². The van der Waals surface area contributed by atoms with Crippen LogP contribution in [0.25, 0.3) is 11.1 Å². The van der Waals surface area contributed by atoms with E-state index in [1.54, 1.807) is 4.90 Å². The number of anilines is 1. The van der Waals surface area contributed by atoms with Crippen LogP contribution >= 0.6 is 0 Å².